The summed E-state index contributed by atoms with van der Waals surface area (Å²) in [5.41, 5.74) is 0.582. The molecule has 0 aromatic carbocycles. The Bertz CT molecular complexity index is 511. The Morgan fingerprint density at radius 2 is 1.81 bits per heavy atom. The van der Waals surface area contributed by atoms with Crippen LogP contribution < -0.4 is 0 Å². The van der Waals surface area contributed by atoms with Gasteiger partial charge in [0.05, 0.1) is 10.6 Å². The summed E-state index contributed by atoms with van der Waals surface area (Å²) in [7, 11) is 0. The van der Waals surface area contributed by atoms with Crippen LogP contribution in [0.25, 0.3) is 11.5 Å². The van der Waals surface area contributed by atoms with Crippen LogP contribution >= 0.6 is 11.6 Å². The van der Waals surface area contributed by atoms with Gasteiger partial charge >= 0.3 is 5.97 Å². The van der Waals surface area contributed by atoms with Crippen molar-refractivity contribution in [3.05, 3.63) is 41.3 Å². The first-order valence-electron chi connectivity index (χ1n) is 4.34. The van der Waals surface area contributed by atoms with E-state index in [9.17, 15) is 4.79 Å². The first kappa shape index (κ1) is 10.5. The molecule has 2 heterocycles. The van der Waals surface area contributed by atoms with Crippen molar-refractivity contribution in [3.63, 3.8) is 0 Å². The van der Waals surface area contributed by atoms with Gasteiger partial charge in [-0.05, 0) is 12.1 Å². The zero-order valence-corrected chi connectivity index (χ0v) is 8.72. The Hall–Kier alpha value is -2.01. The molecule has 0 saturated carbocycles. The van der Waals surface area contributed by atoms with E-state index in [1.54, 1.807) is 12.1 Å². The molecule has 5 nitrogen and oxygen atoms in total. The summed E-state index contributed by atoms with van der Waals surface area (Å²) in [6.07, 6.45) is 3.95. The van der Waals surface area contributed by atoms with Gasteiger partial charge in [0.25, 0.3) is 0 Å². The minimum absolute atomic E-state index is 0.0395. The van der Waals surface area contributed by atoms with E-state index in [1.165, 1.54) is 18.6 Å². The Kier molecular flexibility index (Phi) is 2.78. The number of carboxylic acid groups (broad SMARTS) is 1. The maximum absolute atomic E-state index is 10.6. The lowest BCUT2D eigenvalue weighted by Gasteiger charge is -1.99. The Labute approximate surface area is 95.8 Å². The van der Waals surface area contributed by atoms with Gasteiger partial charge in [0.2, 0.25) is 0 Å². The monoisotopic (exact) mass is 235 g/mol. The summed E-state index contributed by atoms with van der Waals surface area (Å²) < 4.78 is 0. The van der Waals surface area contributed by atoms with Crippen LogP contribution in [0.4, 0.5) is 0 Å². The third-order valence-electron chi connectivity index (χ3n) is 1.86. The van der Waals surface area contributed by atoms with Crippen molar-refractivity contribution in [3.8, 4) is 11.5 Å². The molecular weight excluding hydrogens is 230 g/mol. The number of carboxylic acids is 1. The molecule has 0 aliphatic carbocycles. The first-order chi connectivity index (χ1) is 7.66. The summed E-state index contributed by atoms with van der Waals surface area (Å²) in [5, 5.41) is 9.19. The van der Waals surface area contributed by atoms with Crippen molar-refractivity contribution in [1.82, 2.24) is 15.0 Å². The zero-order valence-electron chi connectivity index (χ0n) is 7.96. The molecule has 0 unspecified atom stereocenters. The Balaban J connectivity index is 2.34. The molecule has 0 spiro atoms. The van der Waals surface area contributed by atoms with Gasteiger partial charge in [-0.1, -0.05) is 11.6 Å². The summed E-state index contributed by atoms with van der Waals surface area (Å²) in [6, 6.07) is 3.33. The fourth-order valence-electron chi connectivity index (χ4n) is 1.08. The molecule has 0 aliphatic heterocycles. The molecule has 1 N–H and O–H groups in total. The highest BCUT2D eigenvalue weighted by atomic mass is 35.5. The molecule has 0 saturated heterocycles. The molecule has 0 fully saturated rings. The van der Waals surface area contributed by atoms with E-state index in [0.717, 1.165) is 0 Å². The van der Waals surface area contributed by atoms with Gasteiger partial charge in [-0.15, -0.1) is 0 Å². The van der Waals surface area contributed by atoms with Crippen molar-refractivity contribution < 1.29 is 9.90 Å². The third kappa shape index (κ3) is 2.14. The van der Waals surface area contributed by atoms with Crippen LogP contribution in [0.5, 0.6) is 0 Å². The third-order valence-corrected chi connectivity index (χ3v) is 2.08. The molecule has 2 aromatic rings. The fourth-order valence-corrected chi connectivity index (χ4v) is 1.19. The number of carbonyl (C=O) groups is 1. The zero-order chi connectivity index (χ0) is 11.5. The van der Waals surface area contributed by atoms with E-state index in [2.05, 4.69) is 15.0 Å². The van der Waals surface area contributed by atoms with Crippen LogP contribution in [-0.4, -0.2) is 26.0 Å². The van der Waals surface area contributed by atoms with Crippen LogP contribution in [0.1, 0.15) is 10.4 Å². The van der Waals surface area contributed by atoms with Gasteiger partial charge in [-0.3, -0.25) is 4.98 Å². The smallest absolute Gasteiger partial charge is 0.338 e. The lowest BCUT2D eigenvalue weighted by Crippen LogP contribution is -2.00. The molecular formula is C10H6ClN3O2. The number of hydrogen-bond acceptors (Lipinski definition) is 4. The van der Waals surface area contributed by atoms with Gasteiger partial charge in [0.15, 0.2) is 5.82 Å². The van der Waals surface area contributed by atoms with Gasteiger partial charge in [0.1, 0.15) is 5.69 Å². The Morgan fingerprint density at radius 3 is 2.31 bits per heavy atom. The van der Waals surface area contributed by atoms with Gasteiger partial charge in [-0.2, -0.15) is 0 Å². The van der Waals surface area contributed by atoms with E-state index in [1.807, 2.05) is 0 Å². The van der Waals surface area contributed by atoms with Crippen molar-refractivity contribution in [2.45, 2.75) is 0 Å². The molecule has 0 aliphatic rings. The van der Waals surface area contributed by atoms with Gasteiger partial charge in [-0.25, -0.2) is 14.8 Å². The minimum Gasteiger partial charge on any atom is -0.478 e. The maximum atomic E-state index is 10.6. The molecule has 6 heteroatoms. The number of pyridine rings is 1. The average Bonchev–Trinajstić information content (AvgIpc) is 2.30. The summed E-state index contributed by atoms with van der Waals surface area (Å²) >= 11 is 5.68. The number of halogens is 1. The highest BCUT2D eigenvalue weighted by molar-refractivity contribution is 6.30. The van der Waals surface area contributed by atoms with E-state index >= 15 is 0 Å². The molecule has 0 amide bonds. The van der Waals surface area contributed by atoms with Crippen molar-refractivity contribution >= 4 is 17.6 Å². The normalized spacial score (nSPS) is 10.1. The SMILES string of the molecule is O=C(O)c1cnc(-c2ccc(Cl)cn2)nc1. The second-order valence-electron chi connectivity index (χ2n) is 2.96. The van der Waals surface area contributed by atoms with E-state index in [-0.39, 0.29) is 5.56 Å². The summed E-state index contributed by atoms with van der Waals surface area (Å²) in [4.78, 5) is 22.4. The lowest BCUT2D eigenvalue weighted by atomic mass is 10.3. The second kappa shape index (κ2) is 4.24. The molecule has 0 bridgehead atoms. The number of rotatable bonds is 2. The predicted molar refractivity (Wildman–Crippen MR) is 57.2 cm³/mol. The van der Waals surface area contributed by atoms with Crippen molar-refractivity contribution in [1.29, 1.82) is 0 Å². The van der Waals surface area contributed by atoms with Gasteiger partial charge in [0, 0.05) is 18.6 Å². The van der Waals surface area contributed by atoms with Crippen LogP contribution in [0.2, 0.25) is 5.02 Å². The molecule has 80 valence electrons. The molecule has 0 radical (unpaired) electrons. The summed E-state index contributed by atoms with van der Waals surface area (Å²) in [6.45, 7) is 0. The minimum atomic E-state index is -1.06. The van der Waals surface area contributed by atoms with E-state index in [0.29, 0.717) is 16.5 Å². The summed E-state index contributed by atoms with van der Waals surface area (Å²) in [5.74, 6) is -0.697. The number of aromatic carboxylic acids is 1. The quantitative estimate of drug-likeness (QED) is 0.860. The first-order valence-corrected chi connectivity index (χ1v) is 4.72. The standard InChI is InChI=1S/C10H6ClN3O2/c11-7-1-2-8(12-5-7)9-13-3-6(4-14-9)10(15)16/h1-5H,(H,15,16). The lowest BCUT2D eigenvalue weighted by molar-refractivity contribution is 0.0696. The maximum Gasteiger partial charge on any atom is 0.338 e. The number of hydrogen-bond donors (Lipinski definition) is 1. The fraction of sp³-hybridized carbons (Fsp3) is 0. The molecule has 0 atom stereocenters. The van der Waals surface area contributed by atoms with E-state index in [4.69, 9.17) is 16.7 Å². The van der Waals surface area contributed by atoms with Crippen LogP contribution in [0.3, 0.4) is 0 Å². The largest absolute Gasteiger partial charge is 0.478 e. The molecule has 2 rings (SSSR count). The van der Waals surface area contributed by atoms with Crippen LogP contribution in [-0.2, 0) is 0 Å². The molecule has 2 aromatic heterocycles. The van der Waals surface area contributed by atoms with Crippen molar-refractivity contribution in [2.24, 2.45) is 0 Å². The predicted octanol–water partition coefficient (Wildman–Crippen LogP) is 1.89. The highest BCUT2D eigenvalue weighted by Crippen LogP contribution is 2.14. The van der Waals surface area contributed by atoms with Crippen molar-refractivity contribution in [2.75, 3.05) is 0 Å². The number of aromatic nitrogens is 3. The highest BCUT2D eigenvalue weighted by Gasteiger charge is 2.06. The van der Waals surface area contributed by atoms with Crippen LogP contribution in [0.15, 0.2) is 30.7 Å². The van der Waals surface area contributed by atoms with Gasteiger partial charge < -0.3 is 5.11 Å². The Morgan fingerprint density at radius 1 is 1.12 bits per heavy atom. The van der Waals surface area contributed by atoms with Crippen LogP contribution in [0, 0.1) is 0 Å². The second-order valence-corrected chi connectivity index (χ2v) is 3.40. The average molecular weight is 236 g/mol. The molecule has 16 heavy (non-hydrogen) atoms. The topological polar surface area (TPSA) is 76.0 Å². The number of nitrogens with zero attached hydrogens (tertiary/aromatic N) is 3. The van der Waals surface area contributed by atoms with E-state index < -0.39 is 5.97 Å².